The highest BCUT2D eigenvalue weighted by atomic mass is 16.5. The molecular formula is C17H26N2O2. The van der Waals surface area contributed by atoms with Gasteiger partial charge in [0.05, 0.1) is 0 Å². The lowest BCUT2D eigenvalue weighted by Crippen LogP contribution is -2.48. The third-order valence-corrected chi connectivity index (χ3v) is 4.15. The van der Waals surface area contributed by atoms with Crippen molar-refractivity contribution in [2.24, 2.45) is 0 Å². The fourth-order valence-electron chi connectivity index (χ4n) is 2.64. The zero-order valence-corrected chi connectivity index (χ0v) is 13.3. The molecule has 1 amide bonds. The Kier molecular flexibility index (Phi) is 5.62. The predicted octanol–water partition coefficient (Wildman–Crippen LogP) is 2.36. The molecule has 0 unspecified atom stereocenters. The molecule has 1 aromatic carbocycles. The molecule has 0 aromatic heterocycles. The van der Waals surface area contributed by atoms with Crippen molar-refractivity contribution in [3.05, 3.63) is 29.8 Å². The molecule has 1 aromatic rings. The maximum absolute atomic E-state index is 12.2. The summed E-state index contributed by atoms with van der Waals surface area (Å²) in [6.07, 6.45) is 1.59. The van der Waals surface area contributed by atoms with Crippen LogP contribution in [0, 0.1) is 6.92 Å². The number of nitrogens with one attached hydrogen (secondary N) is 1. The molecule has 0 bridgehead atoms. The Bertz CT molecular complexity index is 468. The number of amides is 1. The van der Waals surface area contributed by atoms with Gasteiger partial charge < -0.3 is 15.0 Å². The summed E-state index contributed by atoms with van der Waals surface area (Å²) in [5.41, 5.74) is 1.05. The summed E-state index contributed by atoms with van der Waals surface area (Å²) in [6, 6.07) is 8.06. The highest BCUT2D eigenvalue weighted by molar-refractivity contribution is 5.81. The number of likely N-dealkylation sites (tertiary alicyclic amines) is 1. The Morgan fingerprint density at radius 3 is 2.67 bits per heavy atom. The van der Waals surface area contributed by atoms with Gasteiger partial charge in [0.2, 0.25) is 0 Å². The summed E-state index contributed by atoms with van der Waals surface area (Å²) in [7, 11) is 0. The molecular weight excluding hydrogens is 264 g/mol. The van der Waals surface area contributed by atoms with E-state index in [0.29, 0.717) is 0 Å². The summed E-state index contributed by atoms with van der Waals surface area (Å²) in [5.74, 6) is 0.758. The van der Waals surface area contributed by atoms with Gasteiger partial charge in [0.15, 0.2) is 6.10 Å². The SMILES string of the molecule is CCN1CCC(NC(=O)[C@@H](C)Oc2ccccc2C)CC1. The van der Waals surface area contributed by atoms with E-state index in [2.05, 4.69) is 17.1 Å². The van der Waals surface area contributed by atoms with Gasteiger partial charge in [-0.25, -0.2) is 0 Å². The first-order chi connectivity index (χ1) is 10.1. The van der Waals surface area contributed by atoms with Crippen molar-refractivity contribution in [3.8, 4) is 5.75 Å². The van der Waals surface area contributed by atoms with E-state index in [9.17, 15) is 4.79 Å². The van der Waals surface area contributed by atoms with Gasteiger partial charge in [0.1, 0.15) is 5.75 Å². The van der Waals surface area contributed by atoms with E-state index in [0.717, 1.165) is 43.8 Å². The Balaban J connectivity index is 1.82. The van der Waals surface area contributed by atoms with Crippen LogP contribution in [-0.4, -0.2) is 42.6 Å². The van der Waals surface area contributed by atoms with Gasteiger partial charge in [0, 0.05) is 19.1 Å². The van der Waals surface area contributed by atoms with Crippen LogP contribution in [-0.2, 0) is 4.79 Å². The highest BCUT2D eigenvalue weighted by Gasteiger charge is 2.23. The number of aryl methyl sites for hydroxylation is 1. The van der Waals surface area contributed by atoms with Crippen LogP contribution in [0.25, 0.3) is 0 Å². The van der Waals surface area contributed by atoms with Crippen LogP contribution < -0.4 is 10.1 Å². The van der Waals surface area contributed by atoms with E-state index in [4.69, 9.17) is 4.74 Å². The molecule has 0 spiro atoms. The summed E-state index contributed by atoms with van der Waals surface area (Å²) in [5, 5.41) is 3.11. The minimum Gasteiger partial charge on any atom is -0.481 e. The van der Waals surface area contributed by atoms with Gasteiger partial charge in [-0.15, -0.1) is 0 Å². The van der Waals surface area contributed by atoms with Crippen molar-refractivity contribution in [1.82, 2.24) is 10.2 Å². The topological polar surface area (TPSA) is 41.6 Å². The largest absolute Gasteiger partial charge is 0.481 e. The lowest BCUT2D eigenvalue weighted by molar-refractivity contribution is -0.128. The van der Waals surface area contributed by atoms with Crippen molar-refractivity contribution in [3.63, 3.8) is 0 Å². The van der Waals surface area contributed by atoms with E-state index in [1.165, 1.54) is 0 Å². The molecule has 1 atom stereocenters. The molecule has 2 rings (SSSR count). The first-order valence-electron chi connectivity index (χ1n) is 7.85. The van der Waals surface area contributed by atoms with Crippen LogP contribution in [0.3, 0.4) is 0 Å². The monoisotopic (exact) mass is 290 g/mol. The number of piperidine rings is 1. The molecule has 116 valence electrons. The molecule has 21 heavy (non-hydrogen) atoms. The molecule has 1 aliphatic heterocycles. The zero-order chi connectivity index (χ0) is 15.2. The molecule has 4 heteroatoms. The number of para-hydroxylation sites is 1. The zero-order valence-electron chi connectivity index (χ0n) is 13.3. The maximum atomic E-state index is 12.2. The predicted molar refractivity (Wildman–Crippen MR) is 84.5 cm³/mol. The van der Waals surface area contributed by atoms with Crippen molar-refractivity contribution in [2.75, 3.05) is 19.6 Å². The number of rotatable bonds is 5. The lowest BCUT2D eigenvalue weighted by Gasteiger charge is -2.32. The second kappa shape index (κ2) is 7.46. The number of carbonyl (C=O) groups is 1. The quantitative estimate of drug-likeness (QED) is 0.905. The van der Waals surface area contributed by atoms with Gasteiger partial charge in [-0.2, -0.15) is 0 Å². The second-order valence-corrected chi connectivity index (χ2v) is 5.74. The molecule has 4 nitrogen and oxygen atoms in total. The molecule has 0 aliphatic carbocycles. The number of ether oxygens (including phenoxy) is 1. The Morgan fingerprint density at radius 2 is 2.05 bits per heavy atom. The van der Waals surface area contributed by atoms with Crippen LogP contribution >= 0.6 is 0 Å². The van der Waals surface area contributed by atoms with E-state index >= 15 is 0 Å². The number of hydrogen-bond donors (Lipinski definition) is 1. The minimum absolute atomic E-state index is 0.0202. The molecule has 0 saturated carbocycles. The number of benzene rings is 1. The third-order valence-electron chi connectivity index (χ3n) is 4.15. The van der Waals surface area contributed by atoms with Crippen molar-refractivity contribution >= 4 is 5.91 Å². The van der Waals surface area contributed by atoms with Crippen LogP contribution in [0.5, 0.6) is 5.75 Å². The van der Waals surface area contributed by atoms with Crippen molar-refractivity contribution in [1.29, 1.82) is 0 Å². The van der Waals surface area contributed by atoms with E-state index in [1.807, 2.05) is 38.1 Å². The summed E-state index contributed by atoms with van der Waals surface area (Å²) in [4.78, 5) is 14.6. The number of nitrogens with zero attached hydrogens (tertiary/aromatic N) is 1. The molecule has 0 radical (unpaired) electrons. The Labute approximate surface area is 127 Å². The fraction of sp³-hybridized carbons (Fsp3) is 0.588. The van der Waals surface area contributed by atoms with Crippen LogP contribution in [0.4, 0.5) is 0 Å². The third kappa shape index (κ3) is 4.46. The normalized spacial score (nSPS) is 18.2. The maximum Gasteiger partial charge on any atom is 0.260 e. The minimum atomic E-state index is -0.463. The first kappa shape index (κ1) is 15.8. The smallest absolute Gasteiger partial charge is 0.260 e. The van der Waals surface area contributed by atoms with Crippen molar-refractivity contribution < 1.29 is 9.53 Å². The fourth-order valence-corrected chi connectivity index (χ4v) is 2.64. The summed E-state index contributed by atoms with van der Waals surface area (Å²) < 4.78 is 5.77. The van der Waals surface area contributed by atoms with E-state index in [1.54, 1.807) is 0 Å². The highest BCUT2D eigenvalue weighted by Crippen LogP contribution is 2.18. The van der Waals surface area contributed by atoms with Gasteiger partial charge in [0.25, 0.3) is 5.91 Å². The molecule has 1 heterocycles. The Morgan fingerprint density at radius 1 is 1.38 bits per heavy atom. The average Bonchev–Trinajstić information content (AvgIpc) is 2.50. The van der Waals surface area contributed by atoms with E-state index < -0.39 is 6.10 Å². The number of carbonyl (C=O) groups excluding carboxylic acids is 1. The molecule has 1 aliphatic rings. The van der Waals surface area contributed by atoms with E-state index in [-0.39, 0.29) is 11.9 Å². The number of hydrogen-bond acceptors (Lipinski definition) is 3. The summed E-state index contributed by atoms with van der Waals surface area (Å²) >= 11 is 0. The van der Waals surface area contributed by atoms with Crippen LogP contribution in [0.1, 0.15) is 32.3 Å². The van der Waals surface area contributed by atoms with Crippen LogP contribution in [0.2, 0.25) is 0 Å². The standard InChI is InChI=1S/C17H26N2O2/c1-4-19-11-9-15(10-12-19)18-17(20)14(3)21-16-8-6-5-7-13(16)2/h5-8,14-15H,4,9-12H2,1-3H3,(H,18,20)/t14-/m1/s1. The molecule has 1 saturated heterocycles. The lowest BCUT2D eigenvalue weighted by atomic mass is 10.0. The van der Waals surface area contributed by atoms with Crippen molar-refractivity contribution in [2.45, 2.75) is 45.8 Å². The van der Waals surface area contributed by atoms with Gasteiger partial charge in [-0.05, 0) is 44.9 Å². The molecule has 1 N–H and O–H groups in total. The van der Waals surface area contributed by atoms with Gasteiger partial charge >= 0.3 is 0 Å². The van der Waals surface area contributed by atoms with Crippen LogP contribution in [0.15, 0.2) is 24.3 Å². The second-order valence-electron chi connectivity index (χ2n) is 5.74. The summed E-state index contributed by atoms with van der Waals surface area (Å²) in [6.45, 7) is 9.19. The molecule has 1 fully saturated rings. The first-order valence-corrected chi connectivity index (χ1v) is 7.85. The average molecular weight is 290 g/mol. The Hall–Kier alpha value is -1.55. The van der Waals surface area contributed by atoms with Gasteiger partial charge in [-0.3, -0.25) is 4.79 Å². The van der Waals surface area contributed by atoms with Gasteiger partial charge in [-0.1, -0.05) is 25.1 Å².